The Kier molecular flexibility index (Phi) is 6.06. The average molecular weight is 508 g/mol. The normalized spacial score (nSPS) is 27.6. The molecule has 7 heteroatoms. The second-order valence-corrected chi connectivity index (χ2v) is 10.7. The molecular formula is C29H32ClN2O4+. The molecule has 36 heavy (non-hydrogen) atoms. The molecule has 0 saturated carbocycles. The molecule has 4 unspecified atom stereocenters. The third-order valence-electron chi connectivity index (χ3n) is 8.63. The molecule has 1 N–H and O–H groups in total. The van der Waals surface area contributed by atoms with Crippen LogP contribution in [0.25, 0.3) is 10.9 Å². The summed E-state index contributed by atoms with van der Waals surface area (Å²) in [6, 6.07) is 12.1. The van der Waals surface area contributed by atoms with E-state index in [0.29, 0.717) is 22.7 Å². The molecule has 3 aromatic rings. The van der Waals surface area contributed by atoms with Crippen LogP contribution < -0.4 is 14.2 Å². The van der Waals surface area contributed by atoms with Crippen LogP contribution >= 0.6 is 11.6 Å². The molecule has 188 valence electrons. The highest BCUT2D eigenvalue weighted by Gasteiger charge is 2.60. The number of pyridine rings is 1. The fraction of sp³-hybridized carbons (Fsp3) is 0.414. The van der Waals surface area contributed by atoms with Gasteiger partial charge >= 0.3 is 0 Å². The summed E-state index contributed by atoms with van der Waals surface area (Å²) in [5.74, 6) is 2.60. The zero-order chi connectivity index (χ0) is 24.9. The van der Waals surface area contributed by atoms with E-state index in [1.807, 2.05) is 36.4 Å². The third-order valence-corrected chi connectivity index (χ3v) is 8.99. The molecule has 3 aliphatic heterocycles. The van der Waals surface area contributed by atoms with Crippen LogP contribution in [0.2, 0.25) is 5.02 Å². The molecule has 1 aromatic heterocycles. The summed E-state index contributed by atoms with van der Waals surface area (Å²) in [5.41, 5.74) is 2.79. The molecule has 0 aliphatic carbocycles. The number of aliphatic hydroxyl groups excluding tert-OH is 1. The second kappa shape index (κ2) is 9.25. The summed E-state index contributed by atoms with van der Waals surface area (Å²) >= 11 is 6.78. The number of fused-ring (bicyclic) bond motifs is 3. The summed E-state index contributed by atoms with van der Waals surface area (Å²) < 4.78 is 17.5. The van der Waals surface area contributed by atoms with Gasteiger partial charge in [-0.2, -0.15) is 0 Å². The summed E-state index contributed by atoms with van der Waals surface area (Å²) in [6.07, 6.45) is 7.62. The number of quaternary nitrogens is 1. The summed E-state index contributed by atoms with van der Waals surface area (Å²) in [6.45, 7) is 6.13. The maximum atomic E-state index is 12.0. The number of methoxy groups -OCH3 is 1. The Morgan fingerprint density at radius 1 is 1.22 bits per heavy atom. The van der Waals surface area contributed by atoms with E-state index in [-0.39, 0.29) is 12.8 Å². The van der Waals surface area contributed by atoms with E-state index in [9.17, 15) is 5.11 Å². The zero-order valence-corrected chi connectivity index (χ0v) is 21.3. The highest BCUT2D eigenvalue weighted by Crippen LogP contribution is 2.52. The summed E-state index contributed by atoms with van der Waals surface area (Å²) in [5, 5.41) is 13.6. The highest BCUT2D eigenvalue weighted by molar-refractivity contribution is 6.31. The van der Waals surface area contributed by atoms with Gasteiger partial charge in [0.05, 0.1) is 30.6 Å². The van der Waals surface area contributed by atoms with Crippen molar-refractivity contribution in [3.8, 4) is 17.2 Å². The first-order valence-corrected chi connectivity index (χ1v) is 13.1. The molecule has 5 atom stereocenters. The Hall–Kier alpha value is -2.80. The number of aliphatic hydroxyl groups is 1. The predicted octanol–water partition coefficient (Wildman–Crippen LogP) is 5.80. The van der Waals surface area contributed by atoms with E-state index in [1.165, 1.54) is 6.42 Å². The largest absolute Gasteiger partial charge is 0.497 e. The molecule has 2 fully saturated rings. The van der Waals surface area contributed by atoms with Crippen molar-refractivity contribution in [2.75, 3.05) is 20.4 Å². The predicted molar refractivity (Wildman–Crippen MR) is 139 cm³/mol. The molecule has 0 radical (unpaired) electrons. The number of hydrogen-bond acceptors (Lipinski definition) is 5. The van der Waals surface area contributed by atoms with Gasteiger partial charge in [0.2, 0.25) is 6.79 Å². The average Bonchev–Trinajstić information content (AvgIpc) is 3.29. The second-order valence-electron chi connectivity index (χ2n) is 10.3. The van der Waals surface area contributed by atoms with Gasteiger partial charge in [-0.1, -0.05) is 17.7 Å². The molecule has 3 aliphatic rings. The van der Waals surface area contributed by atoms with Crippen molar-refractivity contribution < 1.29 is 23.8 Å². The highest BCUT2D eigenvalue weighted by atomic mass is 35.5. The number of nitrogens with zero attached hydrogens (tertiary/aromatic N) is 2. The molecule has 0 bridgehead atoms. The van der Waals surface area contributed by atoms with Gasteiger partial charge in [0.15, 0.2) is 11.5 Å². The lowest BCUT2D eigenvalue weighted by atomic mass is 9.75. The lowest BCUT2D eigenvalue weighted by molar-refractivity contribution is -1.03. The number of halogens is 1. The Labute approximate surface area is 216 Å². The molecule has 6 nitrogen and oxygen atoms in total. The third kappa shape index (κ3) is 3.74. The quantitative estimate of drug-likeness (QED) is 0.337. The van der Waals surface area contributed by atoms with Crippen LogP contribution in [0.1, 0.15) is 42.9 Å². The zero-order valence-electron chi connectivity index (χ0n) is 20.5. The number of aromatic nitrogens is 1. The van der Waals surface area contributed by atoms with Gasteiger partial charge < -0.3 is 23.8 Å². The Balaban J connectivity index is 1.42. The van der Waals surface area contributed by atoms with Crippen LogP contribution in [0.3, 0.4) is 0 Å². The molecule has 0 amide bonds. The van der Waals surface area contributed by atoms with Gasteiger partial charge in [0, 0.05) is 29.1 Å². The lowest BCUT2D eigenvalue weighted by Gasteiger charge is -2.61. The Morgan fingerprint density at radius 2 is 2.06 bits per heavy atom. The van der Waals surface area contributed by atoms with Gasteiger partial charge in [-0.3, -0.25) is 4.98 Å². The first-order valence-electron chi connectivity index (χ1n) is 12.7. The van der Waals surface area contributed by atoms with Crippen molar-refractivity contribution in [1.29, 1.82) is 0 Å². The smallest absolute Gasteiger partial charge is 0.231 e. The van der Waals surface area contributed by atoms with E-state index in [1.54, 1.807) is 13.3 Å². The van der Waals surface area contributed by atoms with Crippen molar-refractivity contribution in [2.45, 2.75) is 50.4 Å². The molecule has 4 heterocycles. The first kappa shape index (κ1) is 23.6. The Morgan fingerprint density at radius 3 is 2.86 bits per heavy atom. The van der Waals surface area contributed by atoms with Crippen molar-refractivity contribution in [2.24, 2.45) is 5.92 Å². The van der Waals surface area contributed by atoms with Crippen LogP contribution in [0.15, 0.2) is 55.3 Å². The minimum Gasteiger partial charge on any atom is -0.497 e. The number of ether oxygens (including phenoxy) is 3. The van der Waals surface area contributed by atoms with Crippen LogP contribution in [0, 0.1) is 5.92 Å². The fourth-order valence-electron chi connectivity index (χ4n) is 6.78. The van der Waals surface area contributed by atoms with Gasteiger partial charge in [-0.05, 0) is 55.2 Å². The van der Waals surface area contributed by atoms with Crippen molar-refractivity contribution in [3.05, 3.63) is 71.4 Å². The molecule has 2 aromatic carbocycles. The maximum absolute atomic E-state index is 12.0. The van der Waals surface area contributed by atoms with Crippen LogP contribution in [-0.4, -0.2) is 47.1 Å². The standard InChI is InChI=1S/C29H32ClN2O4/c1-3-18-6-4-5-11-32(16-19-12-27-28(14-23(19)30)36-17-35-27)25(18)15-26(32)29(33)21-9-10-31-24-8-7-20(34-2)13-22(21)24/h3,7-10,12-14,18,25-26,29,33H,1,4-6,11,15-17H2,2H3/q+1/t18?,25?,26?,29-,32?/m0/s1. The SMILES string of the molecule is C=CC1CCCC[N+]2(Cc3cc4c(cc3Cl)OCO4)C1CC2[C@@H](O)c1ccnc2ccc(OC)cc12. The van der Waals surface area contributed by atoms with Gasteiger partial charge in [-0.25, -0.2) is 0 Å². The molecular weight excluding hydrogens is 476 g/mol. The lowest BCUT2D eigenvalue weighted by Crippen LogP contribution is -2.73. The van der Waals surface area contributed by atoms with Crippen molar-refractivity contribution in [3.63, 3.8) is 0 Å². The topological polar surface area (TPSA) is 60.8 Å². The molecule has 6 rings (SSSR count). The number of hydrogen-bond donors (Lipinski definition) is 1. The van der Waals surface area contributed by atoms with Crippen LogP contribution in [0.4, 0.5) is 0 Å². The molecule has 2 saturated heterocycles. The summed E-state index contributed by atoms with van der Waals surface area (Å²) in [4.78, 5) is 4.53. The summed E-state index contributed by atoms with van der Waals surface area (Å²) in [7, 11) is 1.66. The van der Waals surface area contributed by atoms with E-state index in [2.05, 4.69) is 17.6 Å². The first-order chi connectivity index (χ1) is 17.5. The van der Waals surface area contributed by atoms with Crippen LogP contribution in [0.5, 0.6) is 17.2 Å². The Bertz CT molecular complexity index is 1310. The van der Waals surface area contributed by atoms with Gasteiger partial charge in [0.25, 0.3) is 0 Å². The van der Waals surface area contributed by atoms with E-state index >= 15 is 0 Å². The fourth-order valence-corrected chi connectivity index (χ4v) is 6.99. The van der Waals surface area contributed by atoms with E-state index in [0.717, 1.165) is 70.4 Å². The van der Waals surface area contributed by atoms with Crippen molar-refractivity contribution in [1.82, 2.24) is 4.98 Å². The molecule has 0 spiro atoms. The van der Waals surface area contributed by atoms with E-state index < -0.39 is 6.10 Å². The number of rotatable bonds is 6. The van der Waals surface area contributed by atoms with Crippen molar-refractivity contribution >= 4 is 22.5 Å². The van der Waals surface area contributed by atoms with Gasteiger partial charge in [0.1, 0.15) is 30.5 Å². The monoisotopic (exact) mass is 507 g/mol. The minimum atomic E-state index is -0.643. The minimum absolute atomic E-state index is 0.0360. The maximum Gasteiger partial charge on any atom is 0.231 e. The van der Waals surface area contributed by atoms with Gasteiger partial charge in [-0.15, -0.1) is 6.58 Å². The van der Waals surface area contributed by atoms with E-state index in [4.69, 9.17) is 25.8 Å². The van der Waals surface area contributed by atoms with Crippen LogP contribution in [-0.2, 0) is 6.54 Å². The number of benzene rings is 2.